The molecule has 0 rings (SSSR count). The van der Waals surface area contributed by atoms with Gasteiger partial charge < -0.3 is 29.1 Å². The van der Waals surface area contributed by atoms with Gasteiger partial charge in [0.05, 0.1) is 13.9 Å². The molecule has 15 heavy (non-hydrogen) atoms. The van der Waals surface area contributed by atoms with Gasteiger partial charge in [0.1, 0.15) is 12.7 Å². The highest BCUT2D eigenvalue weighted by Gasteiger charge is 2.26. The maximum atomic E-state index is 11.0. The second-order valence-electron chi connectivity index (χ2n) is 3.37. The molecule has 0 bridgehead atoms. The summed E-state index contributed by atoms with van der Waals surface area (Å²) in [7, 11) is -5.23. The van der Waals surface area contributed by atoms with Crippen LogP contribution in [0, 0.1) is 5.92 Å². The summed E-state index contributed by atoms with van der Waals surface area (Å²) in [6.45, 7) is 2.07. The van der Waals surface area contributed by atoms with Crippen molar-refractivity contribution in [1.29, 1.82) is 0 Å². The maximum Gasteiger partial charge on any atom is 0.189 e. The van der Waals surface area contributed by atoms with E-state index in [1.807, 2.05) is 0 Å². The second-order valence-corrected chi connectivity index (χ2v) is 4.52. The predicted octanol–water partition coefficient (Wildman–Crippen LogP) is -2.22. The van der Waals surface area contributed by atoms with Crippen molar-refractivity contribution in [2.75, 3.05) is 6.61 Å². The minimum atomic E-state index is -5.23. The highest BCUT2D eigenvalue weighted by atomic mass is 31.2. The van der Waals surface area contributed by atoms with Crippen LogP contribution in [0.15, 0.2) is 0 Å². The predicted molar refractivity (Wildman–Crippen MR) is 45.4 cm³/mol. The minimum Gasteiger partial charge on any atom is -0.790 e. The van der Waals surface area contributed by atoms with Gasteiger partial charge in [0.15, 0.2) is 5.78 Å². The summed E-state index contributed by atoms with van der Waals surface area (Å²) in [5, 5.41) is 18.4. The van der Waals surface area contributed by atoms with Gasteiger partial charge in [0.25, 0.3) is 0 Å². The first kappa shape index (κ1) is 14.7. The van der Waals surface area contributed by atoms with E-state index < -0.39 is 32.4 Å². The molecule has 2 N–H and O–H groups in total. The van der Waals surface area contributed by atoms with Crippen molar-refractivity contribution < 1.29 is 33.9 Å². The van der Waals surface area contributed by atoms with Crippen LogP contribution in [0.5, 0.6) is 0 Å². The zero-order chi connectivity index (χ0) is 12.2. The minimum absolute atomic E-state index is 0.379. The molecule has 0 aliphatic carbocycles. The fourth-order valence-corrected chi connectivity index (χ4v) is 1.07. The van der Waals surface area contributed by atoms with Crippen LogP contribution >= 0.6 is 7.82 Å². The Morgan fingerprint density at radius 3 is 2.20 bits per heavy atom. The van der Waals surface area contributed by atoms with Gasteiger partial charge in [-0.3, -0.25) is 4.79 Å². The molecule has 2 atom stereocenters. The number of carbonyl (C=O) groups is 1. The maximum absolute atomic E-state index is 11.0. The van der Waals surface area contributed by atoms with E-state index in [0.29, 0.717) is 0 Å². The number of hydrogen-bond donors (Lipinski definition) is 2. The van der Waals surface area contributed by atoms with E-state index in [2.05, 4.69) is 4.52 Å². The third kappa shape index (κ3) is 5.99. The van der Waals surface area contributed by atoms with Gasteiger partial charge in [-0.2, -0.15) is 0 Å². The Morgan fingerprint density at radius 2 is 1.87 bits per heavy atom. The van der Waals surface area contributed by atoms with Gasteiger partial charge in [-0.1, -0.05) is 13.8 Å². The van der Waals surface area contributed by atoms with E-state index in [-0.39, 0.29) is 5.92 Å². The first-order chi connectivity index (χ1) is 6.65. The topological polar surface area (TPSA) is 130 Å². The molecule has 0 amide bonds. The molecule has 0 radical (unpaired) electrons. The molecule has 0 aromatic rings. The molecule has 0 aliphatic rings. The zero-order valence-corrected chi connectivity index (χ0v) is 9.22. The first-order valence-corrected chi connectivity index (χ1v) is 5.66. The Balaban J connectivity index is 4.17. The molecule has 2 unspecified atom stereocenters. The van der Waals surface area contributed by atoms with E-state index in [4.69, 9.17) is 0 Å². The van der Waals surface area contributed by atoms with Crippen LogP contribution in [0.4, 0.5) is 0 Å². The molecule has 0 saturated heterocycles. The van der Waals surface area contributed by atoms with Crippen LogP contribution in [-0.2, 0) is 13.9 Å². The lowest BCUT2D eigenvalue weighted by Crippen LogP contribution is -2.39. The first-order valence-electron chi connectivity index (χ1n) is 4.20. The van der Waals surface area contributed by atoms with Crippen LogP contribution in [0.2, 0.25) is 0 Å². The second kappa shape index (κ2) is 5.69. The van der Waals surface area contributed by atoms with Crippen molar-refractivity contribution >= 4 is 13.6 Å². The number of aliphatic hydroxyl groups is 2. The summed E-state index contributed by atoms with van der Waals surface area (Å²) in [5.74, 6) is -1.43. The van der Waals surface area contributed by atoms with Gasteiger partial charge in [0, 0.05) is 0 Å². The molecule has 0 spiro atoms. The molecule has 0 aliphatic heterocycles. The Morgan fingerprint density at radius 1 is 1.40 bits per heavy atom. The Hall–Kier alpha value is -0.300. The average molecular weight is 240 g/mol. The lowest BCUT2D eigenvalue weighted by molar-refractivity contribution is -0.341. The summed E-state index contributed by atoms with van der Waals surface area (Å²) in [4.78, 5) is 31.0. The lowest BCUT2D eigenvalue weighted by Gasteiger charge is -2.29. The van der Waals surface area contributed by atoms with E-state index >= 15 is 0 Å². The monoisotopic (exact) mass is 240 g/mol. The molecular formula is C7H13O7P-2. The molecule has 90 valence electrons. The van der Waals surface area contributed by atoms with Gasteiger partial charge in [-0.25, -0.2) is 0 Å². The molecule has 8 heteroatoms. The van der Waals surface area contributed by atoms with Crippen molar-refractivity contribution in [3.8, 4) is 0 Å². The molecule has 0 fully saturated rings. The molecule has 0 heterocycles. The summed E-state index contributed by atoms with van der Waals surface area (Å²) < 4.78 is 13.7. The number of phosphoric acid groups is 1. The van der Waals surface area contributed by atoms with E-state index in [1.54, 1.807) is 13.8 Å². The summed E-state index contributed by atoms with van der Waals surface area (Å²) in [6, 6.07) is 0. The van der Waals surface area contributed by atoms with Crippen LogP contribution < -0.4 is 9.79 Å². The molecular weight excluding hydrogens is 227 g/mol. The fraction of sp³-hybridized carbons (Fsp3) is 0.857. The van der Waals surface area contributed by atoms with Crippen LogP contribution in [0.25, 0.3) is 0 Å². The number of phosphoric ester groups is 1. The number of Topliss-reactive ketones (excluding diaryl/α,β-unsaturated/α-hetero) is 1. The van der Waals surface area contributed by atoms with Crippen molar-refractivity contribution in [2.45, 2.75) is 26.1 Å². The van der Waals surface area contributed by atoms with Crippen LogP contribution in [0.1, 0.15) is 13.8 Å². The van der Waals surface area contributed by atoms with Crippen molar-refractivity contribution in [2.24, 2.45) is 5.92 Å². The van der Waals surface area contributed by atoms with Crippen LogP contribution in [0.3, 0.4) is 0 Å². The Bertz CT molecular complexity index is 258. The lowest BCUT2D eigenvalue weighted by atomic mass is 9.99. The Labute approximate surface area is 86.9 Å². The van der Waals surface area contributed by atoms with Gasteiger partial charge >= 0.3 is 0 Å². The quantitative estimate of drug-likeness (QED) is 0.503. The van der Waals surface area contributed by atoms with Crippen molar-refractivity contribution in [3.05, 3.63) is 0 Å². The van der Waals surface area contributed by atoms with E-state index in [1.165, 1.54) is 0 Å². The fourth-order valence-electron chi connectivity index (χ4n) is 0.783. The Kier molecular flexibility index (Phi) is 5.58. The van der Waals surface area contributed by atoms with Crippen molar-refractivity contribution in [1.82, 2.24) is 0 Å². The highest BCUT2D eigenvalue weighted by molar-refractivity contribution is 7.43. The largest absolute Gasteiger partial charge is 0.790 e. The summed E-state index contributed by atoms with van der Waals surface area (Å²) in [5.41, 5.74) is 0. The molecule has 7 nitrogen and oxygen atoms in total. The smallest absolute Gasteiger partial charge is 0.189 e. The number of aliphatic hydroxyl groups excluding tert-OH is 2. The SMILES string of the molecule is CC(C)C(O)C(O)C(=O)COP(=O)([O-])[O-]. The van der Waals surface area contributed by atoms with Gasteiger partial charge in [-0.15, -0.1) is 0 Å². The summed E-state index contributed by atoms with van der Waals surface area (Å²) >= 11 is 0. The third-order valence-corrected chi connectivity index (χ3v) is 2.15. The van der Waals surface area contributed by atoms with Crippen LogP contribution in [-0.4, -0.2) is 34.8 Å². The van der Waals surface area contributed by atoms with Gasteiger partial charge in [-0.05, 0) is 5.92 Å². The van der Waals surface area contributed by atoms with Crippen molar-refractivity contribution in [3.63, 3.8) is 0 Å². The standard InChI is InChI=1S/C7H15O7P/c1-4(2)6(9)7(10)5(8)3-14-15(11,12)13/h4,6-7,9-10H,3H2,1-2H3,(H2,11,12,13)/p-2. The number of ketones is 1. The molecule has 0 aromatic carbocycles. The van der Waals surface area contributed by atoms with E-state index in [0.717, 1.165) is 0 Å². The number of hydrogen-bond acceptors (Lipinski definition) is 7. The zero-order valence-electron chi connectivity index (χ0n) is 8.32. The number of rotatable bonds is 6. The van der Waals surface area contributed by atoms with E-state index in [9.17, 15) is 29.4 Å². The molecule has 0 aromatic heterocycles. The molecule has 0 saturated carbocycles. The number of carbonyl (C=O) groups excluding carboxylic acids is 1. The average Bonchev–Trinajstić information content (AvgIpc) is 2.10. The summed E-state index contributed by atoms with van der Waals surface area (Å²) in [6.07, 6.45) is -3.07. The van der Waals surface area contributed by atoms with Gasteiger partial charge in [0.2, 0.25) is 0 Å². The third-order valence-electron chi connectivity index (χ3n) is 1.70. The highest BCUT2D eigenvalue weighted by Crippen LogP contribution is 2.24. The normalized spacial score (nSPS) is 16.5.